The molecule has 1 saturated heterocycles. The normalized spacial score (nSPS) is 21.5. The summed E-state index contributed by atoms with van der Waals surface area (Å²) in [5, 5.41) is 6.63. The Labute approximate surface area is 91.5 Å². The molecule has 1 atom stereocenters. The van der Waals surface area contributed by atoms with Gasteiger partial charge in [-0.15, -0.1) is 0 Å². The van der Waals surface area contributed by atoms with Crippen LogP contribution in [-0.4, -0.2) is 32.7 Å². The first-order valence-electron chi connectivity index (χ1n) is 5.56. The minimum atomic E-state index is 0.581. The lowest BCUT2D eigenvalue weighted by molar-refractivity contribution is 0.485. The molecule has 0 spiro atoms. The second-order valence-corrected chi connectivity index (χ2v) is 4.10. The zero-order chi connectivity index (χ0) is 10.7. The summed E-state index contributed by atoms with van der Waals surface area (Å²) < 4.78 is 0. The maximum Gasteiger partial charge on any atom is 0.0387 e. The number of rotatable bonds is 2. The lowest BCUT2D eigenvalue weighted by Crippen LogP contribution is -2.49. The second-order valence-electron chi connectivity index (χ2n) is 4.10. The van der Waals surface area contributed by atoms with Crippen LogP contribution in [0.2, 0.25) is 0 Å². The largest absolute Gasteiger partial charge is 0.388 e. The van der Waals surface area contributed by atoms with Gasteiger partial charge in [-0.3, -0.25) is 0 Å². The third-order valence-corrected chi connectivity index (χ3v) is 2.87. The van der Waals surface area contributed by atoms with Gasteiger partial charge < -0.3 is 15.5 Å². The molecule has 0 amide bonds. The lowest BCUT2D eigenvalue weighted by Gasteiger charge is -2.33. The van der Waals surface area contributed by atoms with Crippen molar-refractivity contribution < 1.29 is 0 Å². The third kappa shape index (κ3) is 2.42. The van der Waals surface area contributed by atoms with Crippen LogP contribution in [0.1, 0.15) is 6.92 Å². The molecule has 0 radical (unpaired) electrons. The van der Waals surface area contributed by atoms with Crippen molar-refractivity contribution in [2.24, 2.45) is 0 Å². The van der Waals surface area contributed by atoms with Gasteiger partial charge in [0.1, 0.15) is 0 Å². The number of hydrogen-bond donors (Lipinski definition) is 2. The fourth-order valence-corrected chi connectivity index (χ4v) is 2.02. The van der Waals surface area contributed by atoms with Gasteiger partial charge in [0, 0.05) is 44.1 Å². The average Bonchev–Trinajstić information content (AvgIpc) is 2.29. The van der Waals surface area contributed by atoms with Crippen LogP contribution in [0.3, 0.4) is 0 Å². The molecule has 0 aliphatic carbocycles. The Bertz CT molecular complexity index is 324. The Hall–Kier alpha value is -1.22. The summed E-state index contributed by atoms with van der Waals surface area (Å²) >= 11 is 0. The van der Waals surface area contributed by atoms with E-state index in [-0.39, 0.29) is 0 Å². The van der Waals surface area contributed by atoms with Crippen molar-refractivity contribution in [3.63, 3.8) is 0 Å². The minimum absolute atomic E-state index is 0.581. The van der Waals surface area contributed by atoms with Gasteiger partial charge in [-0.05, 0) is 25.1 Å². The maximum absolute atomic E-state index is 3.45. The van der Waals surface area contributed by atoms with Crippen molar-refractivity contribution in [2.75, 3.05) is 36.9 Å². The van der Waals surface area contributed by atoms with Crippen molar-refractivity contribution >= 4 is 11.4 Å². The summed E-state index contributed by atoms with van der Waals surface area (Å²) in [6.07, 6.45) is 0. The first-order chi connectivity index (χ1) is 7.29. The van der Waals surface area contributed by atoms with Gasteiger partial charge in [0.05, 0.1) is 0 Å². The Morgan fingerprint density at radius 2 is 2.33 bits per heavy atom. The molecule has 0 saturated carbocycles. The van der Waals surface area contributed by atoms with Crippen LogP contribution in [-0.2, 0) is 0 Å². The number of benzene rings is 1. The first-order valence-corrected chi connectivity index (χ1v) is 5.56. The highest BCUT2D eigenvalue weighted by molar-refractivity contribution is 5.58. The molecule has 15 heavy (non-hydrogen) atoms. The summed E-state index contributed by atoms with van der Waals surface area (Å²) in [6.45, 7) is 5.49. The molecule has 2 rings (SSSR count). The fraction of sp³-hybridized carbons (Fsp3) is 0.500. The topological polar surface area (TPSA) is 27.3 Å². The Morgan fingerprint density at radius 1 is 1.47 bits per heavy atom. The smallest absolute Gasteiger partial charge is 0.0387 e. The van der Waals surface area contributed by atoms with Crippen LogP contribution < -0.4 is 15.5 Å². The van der Waals surface area contributed by atoms with E-state index in [1.54, 1.807) is 0 Å². The van der Waals surface area contributed by atoms with Crippen LogP contribution in [0.15, 0.2) is 24.3 Å². The summed E-state index contributed by atoms with van der Waals surface area (Å²) in [5.74, 6) is 0. The second kappa shape index (κ2) is 4.53. The number of anilines is 2. The van der Waals surface area contributed by atoms with Crippen LogP contribution in [0.25, 0.3) is 0 Å². The number of nitrogens with zero attached hydrogens (tertiary/aromatic N) is 1. The SMILES string of the molecule is CNc1cccc(N2CCNC(C)C2)c1. The quantitative estimate of drug-likeness (QED) is 0.766. The molecule has 1 unspecified atom stereocenters. The van der Waals surface area contributed by atoms with E-state index in [4.69, 9.17) is 0 Å². The molecule has 1 fully saturated rings. The Balaban J connectivity index is 2.13. The van der Waals surface area contributed by atoms with Crippen molar-refractivity contribution in [1.82, 2.24) is 5.32 Å². The highest BCUT2D eigenvalue weighted by Crippen LogP contribution is 2.20. The standard InChI is InChI=1S/C12H19N3/c1-10-9-15(7-6-14-10)12-5-3-4-11(8-12)13-2/h3-5,8,10,13-14H,6-7,9H2,1-2H3. The molecule has 0 aromatic heterocycles. The molecule has 1 aromatic rings. The molecule has 82 valence electrons. The molecule has 0 bridgehead atoms. The van der Waals surface area contributed by atoms with Crippen LogP contribution in [0, 0.1) is 0 Å². The van der Waals surface area contributed by atoms with Gasteiger partial charge in [-0.2, -0.15) is 0 Å². The van der Waals surface area contributed by atoms with Crippen molar-refractivity contribution in [3.8, 4) is 0 Å². The first kappa shape index (κ1) is 10.3. The van der Waals surface area contributed by atoms with Crippen molar-refractivity contribution in [2.45, 2.75) is 13.0 Å². The zero-order valence-electron chi connectivity index (χ0n) is 9.46. The third-order valence-electron chi connectivity index (χ3n) is 2.87. The van der Waals surface area contributed by atoms with Gasteiger partial charge in [-0.25, -0.2) is 0 Å². The highest BCUT2D eigenvalue weighted by atomic mass is 15.2. The van der Waals surface area contributed by atoms with Crippen LogP contribution >= 0.6 is 0 Å². The van der Waals surface area contributed by atoms with Crippen molar-refractivity contribution in [1.29, 1.82) is 0 Å². The van der Waals surface area contributed by atoms with E-state index in [2.05, 4.69) is 46.7 Å². The molecule has 3 heteroatoms. The van der Waals surface area contributed by atoms with E-state index in [1.807, 2.05) is 7.05 Å². The molecular formula is C12H19N3. The zero-order valence-corrected chi connectivity index (χ0v) is 9.46. The van der Waals surface area contributed by atoms with Gasteiger partial charge >= 0.3 is 0 Å². The highest BCUT2D eigenvalue weighted by Gasteiger charge is 2.15. The van der Waals surface area contributed by atoms with Gasteiger partial charge in [0.2, 0.25) is 0 Å². The van der Waals surface area contributed by atoms with Gasteiger partial charge in [-0.1, -0.05) is 6.07 Å². The van der Waals surface area contributed by atoms with E-state index in [0.29, 0.717) is 6.04 Å². The van der Waals surface area contributed by atoms with Gasteiger partial charge in [0.25, 0.3) is 0 Å². The van der Waals surface area contributed by atoms with E-state index in [9.17, 15) is 0 Å². The molecular weight excluding hydrogens is 186 g/mol. The molecule has 1 aliphatic rings. The van der Waals surface area contributed by atoms with E-state index in [1.165, 1.54) is 11.4 Å². The Kier molecular flexibility index (Phi) is 3.11. The average molecular weight is 205 g/mol. The molecule has 1 aliphatic heterocycles. The van der Waals surface area contributed by atoms with E-state index in [0.717, 1.165) is 19.6 Å². The van der Waals surface area contributed by atoms with Crippen LogP contribution in [0.5, 0.6) is 0 Å². The molecule has 1 aromatic carbocycles. The fourth-order valence-electron chi connectivity index (χ4n) is 2.02. The summed E-state index contributed by atoms with van der Waals surface area (Å²) in [7, 11) is 1.96. The predicted octanol–water partition coefficient (Wildman–Crippen LogP) is 1.53. The van der Waals surface area contributed by atoms with E-state index < -0.39 is 0 Å². The van der Waals surface area contributed by atoms with E-state index >= 15 is 0 Å². The number of hydrogen-bond acceptors (Lipinski definition) is 3. The molecule has 1 heterocycles. The summed E-state index contributed by atoms with van der Waals surface area (Å²) in [4.78, 5) is 2.43. The summed E-state index contributed by atoms with van der Waals surface area (Å²) in [5.41, 5.74) is 2.49. The molecule has 3 nitrogen and oxygen atoms in total. The lowest BCUT2D eigenvalue weighted by atomic mass is 10.2. The Morgan fingerprint density at radius 3 is 3.07 bits per heavy atom. The summed E-state index contributed by atoms with van der Waals surface area (Å²) in [6, 6.07) is 9.16. The monoisotopic (exact) mass is 205 g/mol. The number of nitrogens with one attached hydrogen (secondary N) is 2. The minimum Gasteiger partial charge on any atom is -0.388 e. The predicted molar refractivity (Wildman–Crippen MR) is 65.7 cm³/mol. The van der Waals surface area contributed by atoms with Crippen LogP contribution in [0.4, 0.5) is 11.4 Å². The molecule has 2 N–H and O–H groups in total. The van der Waals surface area contributed by atoms with Crippen molar-refractivity contribution in [3.05, 3.63) is 24.3 Å². The number of piperazine rings is 1. The van der Waals surface area contributed by atoms with Gasteiger partial charge in [0.15, 0.2) is 0 Å². The maximum atomic E-state index is 3.45.